The number of methoxy groups -OCH3 is 1. The summed E-state index contributed by atoms with van der Waals surface area (Å²) in [5.74, 6) is 0.758. The second-order valence-corrected chi connectivity index (χ2v) is 5.75. The van der Waals surface area contributed by atoms with Gasteiger partial charge in [0.15, 0.2) is 5.01 Å². The minimum Gasteiger partial charge on any atom is -0.496 e. The monoisotopic (exact) mass is 311 g/mol. The van der Waals surface area contributed by atoms with Gasteiger partial charge in [0.05, 0.1) is 18.7 Å². The average Bonchev–Trinajstić information content (AvgIpc) is 2.94. The van der Waals surface area contributed by atoms with Crippen molar-refractivity contribution in [2.24, 2.45) is 0 Å². The Hall–Kier alpha value is -1.17. The molecule has 0 saturated heterocycles. The lowest BCUT2D eigenvalue weighted by Crippen LogP contribution is -2.19. The number of benzene rings is 1. The molecule has 1 aromatic heterocycles. The third kappa shape index (κ3) is 3.29. The highest BCUT2D eigenvalue weighted by atomic mass is 35.5. The van der Waals surface area contributed by atoms with E-state index in [0.717, 1.165) is 34.3 Å². The third-order valence-corrected chi connectivity index (χ3v) is 4.29. The Kier molecular flexibility index (Phi) is 5.34. The molecule has 20 heavy (non-hydrogen) atoms. The number of hydrogen-bond acceptors (Lipinski definition) is 5. The van der Waals surface area contributed by atoms with Crippen LogP contribution in [-0.4, -0.2) is 23.9 Å². The molecule has 0 aliphatic carbocycles. The molecule has 0 aliphatic heterocycles. The number of aromatic nitrogens is 2. The summed E-state index contributed by atoms with van der Waals surface area (Å²) in [6.45, 7) is 5.13. The van der Waals surface area contributed by atoms with Crippen LogP contribution < -0.4 is 10.1 Å². The average molecular weight is 312 g/mol. The van der Waals surface area contributed by atoms with Crippen LogP contribution in [0.15, 0.2) is 18.2 Å². The summed E-state index contributed by atoms with van der Waals surface area (Å²) in [7, 11) is 1.64. The lowest BCUT2D eigenvalue weighted by Gasteiger charge is -2.11. The van der Waals surface area contributed by atoms with Gasteiger partial charge in [-0.3, -0.25) is 0 Å². The molecule has 0 spiro atoms. The van der Waals surface area contributed by atoms with E-state index in [2.05, 4.69) is 29.4 Å². The predicted octanol–water partition coefficient (Wildman–Crippen LogP) is 3.93. The Morgan fingerprint density at radius 2 is 2.15 bits per heavy atom. The molecule has 0 fully saturated rings. The van der Waals surface area contributed by atoms with Gasteiger partial charge in [-0.25, -0.2) is 0 Å². The summed E-state index contributed by atoms with van der Waals surface area (Å²) in [4.78, 5) is 0. The van der Waals surface area contributed by atoms with E-state index in [1.165, 1.54) is 0 Å². The van der Waals surface area contributed by atoms with Crippen LogP contribution in [0.4, 0.5) is 0 Å². The second-order valence-electron chi connectivity index (χ2n) is 4.31. The van der Waals surface area contributed by atoms with E-state index in [1.54, 1.807) is 24.5 Å². The number of ether oxygens (including phenoxy) is 1. The van der Waals surface area contributed by atoms with Gasteiger partial charge in [-0.2, -0.15) is 0 Å². The zero-order valence-electron chi connectivity index (χ0n) is 11.8. The Bertz CT molecular complexity index is 573. The molecule has 0 bridgehead atoms. The molecular formula is C14H18ClN3OS. The van der Waals surface area contributed by atoms with Crippen molar-refractivity contribution in [1.29, 1.82) is 0 Å². The van der Waals surface area contributed by atoms with Crippen molar-refractivity contribution < 1.29 is 4.74 Å². The zero-order valence-corrected chi connectivity index (χ0v) is 13.4. The van der Waals surface area contributed by atoms with Crippen LogP contribution in [0.2, 0.25) is 5.02 Å². The molecule has 1 N–H and O–H groups in total. The second kappa shape index (κ2) is 7.02. The minimum atomic E-state index is 0.247. The zero-order chi connectivity index (χ0) is 14.5. The highest BCUT2D eigenvalue weighted by Crippen LogP contribution is 2.35. The predicted molar refractivity (Wildman–Crippen MR) is 83.6 cm³/mol. The van der Waals surface area contributed by atoms with Gasteiger partial charge in [0.2, 0.25) is 0 Å². The van der Waals surface area contributed by atoms with Gasteiger partial charge >= 0.3 is 0 Å². The van der Waals surface area contributed by atoms with Crippen molar-refractivity contribution in [3.8, 4) is 16.3 Å². The van der Waals surface area contributed by atoms with Gasteiger partial charge in [-0.05, 0) is 31.2 Å². The van der Waals surface area contributed by atoms with Gasteiger partial charge in [0, 0.05) is 5.02 Å². The maximum atomic E-state index is 6.06. The molecule has 0 amide bonds. The first-order valence-electron chi connectivity index (χ1n) is 6.60. The van der Waals surface area contributed by atoms with E-state index in [1.807, 2.05) is 12.1 Å². The maximum absolute atomic E-state index is 6.06. The van der Waals surface area contributed by atoms with E-state index in [-0.39, 0.29) is 6.04 Å². The van der Waals surface area contributed by atoms with Gasteiger partial charge in [-0.1, -0.05) is 36.8 Å². The quantitative estimate of drug-likeness (QED) is 0.878. The highest BCUT2D eigenvalue weighted by Gasteiger charge is 2.17. The summed E-state index contributed by atoms with van der Waals surface area (Å²) in [5.41, 5.74) is 0.884. The molecule has 1 aromatic carbocycles. The molecule has 0 aliphatic rings. The van der Waals surface area contributed by atoms with Crippen LogP contribution in [-0.2, 0) is 0 Å². The molecule has 0 saturated carbocycles. The van der Waals surface area contributed by atoms with Gasteiger partial charge in [-0.15, -0.1) is 10.2 Å². The smallest absolute Gasteiger partial charge is 0.151 e. The fraction of sp³-hybridized carbons (Fsp3) is 0.429. The van der Waals surface area contributed by atoms with Crippen molar-refractivity contribution in [3.63, 3.8) is 0 Å². The Morgan fingerprint density at radius 3 is 2.80 bits per heavy atom. The summed E-state index contributed by atoms with van der Waals surface area (Å²) in [5, 5.41) is 14.5. The van der Waals surface area contributed by atoms with Crippen LogP contribution in [0.3, 0.4) is 0 Å². The first-order chi connectivity index (χ1) is 9.69. The number of nitrogens with one attached hydrogen (secondary N) is 1. The highest BCUT2D eigenvalue weighted by molar-refractivity contribution is 7.14. The normalized spacial score (nSPS) is 12.4. The summed E-state index contributed by atoms with van der Waals surface area (Å²) in [6, 6.07) is 5.76. The van der Waals surface area contributed by atoms with E-state index in [0.29, 0.717) is 5.02 Å². The Labute approximate surface area is 128 Å². The lowest BCUT2D eigenvalue weighted by atomic mass is 10.2. The number of rotatable bonds is 6. The molecule has 2 aromatic rings. The minimum absolute atomic E-state index is 0.247. The van der Waals surface area contributed by atoms with Crippen LogP contribution in [0.25, 0.3) is 10.6 Å². The molecule has 4 nitrogen and oxygen atoms in total. The fourth-order valence-electron chi connectivity index (χ4n) is 1.98. The molecular weight excluding hydrogens is 294 g/mol. The van der Waals surface area contributed by atoms with Crippen molar-refractivity contribution in [3.05, 3.63) is 28.2 Å². The van der Waals surface area contributed by atoms with Gasteiger partial charge in [0.25, 0.3) is 0 Å². The summed E-state index contributed by atoms with van der Waals surface area (Å²) >= 11 is 7.63. The molecule has 108 valence electrons. The van der Waals surface area contributed by atoms with E-state index in [9.17, 15) is 0 Å². The van der Waals surface area contributed by atoms with Gasteiger partial charge < -0.3 is 10.1 Å². The molecule has 1 atom stereocenters. The first-order valence-corrected chi connectivity index (χ1v) is 7.79. The number of nitrogens with zero attached hydrogens (tertiary/aromatic N) is 2. The van der Waals surface area contributed by atoms with Crippen molar-refractivity contribution in [1.82, 2.24) is 15.5 Å². The van der Waals surface area contributed by atoms with Crippen molar-refractivity contribution in [2.75, 3.05) is 13.7 Å². The van der Waals surface area contributed by atoms with Gasteiger partial charge in [0.1, 0.15) is 10.8 Å². The van der Waals surface area contributed by atoms with Crippen molar-refractivity contribution >= 4 is 22.9 Å². The maximum Gasteiger partial charge on any atom is 0.151 e. The van der Waals surface area contributed by atoms with Crippen LogP contribution in [0.1, 0.15) is 31.3 Å². The number of halogens is 1. The van der Waals surface area contributed by atoms with Crippen molar-refractivity contribution in [2.45, 2.75) is 26.3 Å². The molecule has 1 unspecified atom stereocenters. The lowest BCUT2D eigenvalue weighted by molar-refractivity contribution is 0.416. The SMILES string of the molecule is CCNC(CC)c1nnc(-c2cc(Cl)ccc2OC)s1. The topological polar surface area (TPSA) is 47.0 Å². The van der Waals surface area contributed by atoms with Crippen LogP contribution >= 0.6 is 22.9 Å². The van der Waals surface area contributed by atoms with E-state index in [4.69, 9.17) is 16.3 Å². The Morgan fingerprint density at radius 1 is 1.35 bits per heavy atom. The largest absolute Gasteiger partial charge is 0.496 e. The van der Waals surface area contributed by atoms with E-state index >= 15 is 0 Å². The molecule has 0 radical (unpaired) electrons. The van der Waals surface area contributed by atoms with Crippen LogP contribution in [0.5, 0.6) is 5.75 Å². The molecule has 2 rings (SSSR count). The van der Waals surface area contributed by atoms with Crippen LogP contribution in [0, 0.1) is 0 Å². The Balaban J connectivity index is 2.35. The van der Waals surface area contributed by atoms with E-state index < -0.39 is 0 Å². The first kappa shape index (κ1) is 15.2. The third-order valence-electron chi connectivity index (χ3n) is 2.99. The molecule has 6 heteroatoms. The summed E-state index contributed by atoms with van der Waals surface area (Å²) < 4.78 is 5.36. The number of hydrogen-bond donors (Lipinski definition) is 1. The standard InChI is InChI=1S/C14H18ClN3OS/c1-4-11(16-5-2)14-18-17-13(20-14)10-8-9(15)6-7-12(10)19-3/h6-8,11,16H,4-5H2,1-3H3. The fourth-order valence-corrected chi connectivity index (χ4v) is 3.18. The summed E-state index contributed by atoms with van der Waals surface area (Å²) in [6.07, 6.45) is 0.981. The molecule has 1 heterocycles.